The van der Waals surface area contributed by atoms with Crippen LogP contribution in [0.15, 0.2) is 53.7 Å². The average molecular weight is 307 g/mol. The Bertz CT molecular complexity index is 834. The number of hydrogen-bond acceptors (Lipinski definition) is 5. The Labute approximate surface area is 132 Å². The highest BCUT2D eigenvalue weighted by atomic mass is 32.2. The number of nitrogens with zero attached hydrogens (tertiary/aromatic N) is 5. The SMILES string of the molecule is Cc1cccc(-n2nnnc2SCc2cccc(C#N)c2)c1. The minimum Gasteiger partial charge on any atom is -0.192 e. The Hall–Kier alpha value is -2.65. The van der Waals surface area contributed by atoms with E-state index in [1.807, 2.05) is 49.4 Å². The lowest BCUT2D eigenvalue weighted by Gasteiger charge is -2.05. The number of aromatic nitrogens is 4. The molecular formula is C16H13N5S. The molecule has 2 aromatic carbocycles. The van der Waals surface area contributed by atoms with Crippen LogP contribution in [-0.4, -0.2) is 20.2 Å². The molecule has 0 unspecified atom stereocenters. The van der Waals surface area contributed by atoms with E-state index in [2.05, 4.69) is 21.6 Å². The molecule has 0 bridgehead atoms. The van der Waals surface area contributed by atoms with E-state index in [1.165, 1.54) is 0 Å². The molecule has 0 saturated carbocycles. The van der Waals surface area contributed by atoms with Crippen molar-refractivity contribution >= 4 is 11.8 Å². The van der Waals surface area contributed by atoms with E-state index in [0.717, 1.165) is 22.0 Å². The van der Waals surface area contributed by atoms with E-state index in [-0.39, 0.29) is 0 Å². The van der Waals surface area contributed by atoms with Crippen LogP contribution < -0.4 is 0 Å². The van der Waals surface area contributed by atoms with Crippen molar-refractivity contribution in [1.82, 2.24) is 20.2 Å². The van der Waals surface area contributed by atoms with Crippen LogP contribution in [0.3, 0.4) is 0 Å². The average Bonchev–Trinajstić information content (AvgIpc) is 3.02. The molecule has 5 nitrogen and oxygen atoms in total. The summed E-state index contributed by atoms with van der Waals surface area (Å²) >= 11 is 1.54. The van der Waals surface area contributed by atoms with Gasteiger partial charge in [-0.25, -0.2) is 0 Å². The molecule has 22 heavy (non-hydrogen) atoms. The molecule has 0 spiro atoms. The summed E-state index contributed by atoms with van der Waals surface area (Å²) in [5.74, 6) is 0.710. The minimum atomic E-state index is 0.663. The Morgan fingerprint density at radius 1 is 1.18 bits per heavy atom. The lowest BCUT2D eigenvalue weighted by atomic mass is 10.2. The van der Waals surface area contributed by atoms with Crippen molar-refractivity contribution in [2.24, 2.45) is 0 Å². The summed E-state index contributed by atoms with van der Waals surface area (Å²) in [6, 6.07) is 17.7. The van der Waals surface area contributed by atoms with Gasteiger partial charge in [-0.2, -0.15) is 9.94 Å². The zero-order chi connectivity index (χ0) is 15.4. The second kappa shape index (κ2) is 6.41. The molecule has 0 aliphatic rings. The van der Waals surface area contributed by atoms with Crippen LogP contribution in [0.5, 0.6) is 0 Å². The molecule has 0 atom stereocenters. The van der Waals surface area contributed by atoms with Gasteiger partial charge < -0.3 is 0 Å². The van der Waals surface area contributed by atoms with Crippen LogP contribution in [0, 0.1) is 18.3 Å². The Kier molecular flexibility index (Phi) is 4.17. The number of benzene rings is 2. The standard InChI is InChI=1S/C16H13N5S/c1-12-4-2-7-15(8-12)21-16(18-19-20-21)22-11-14-6-3-5-13(9-14)10-17/h2-9H,11H2,1H3. The molecule has 0 fully saturated rings. The van der Waals surface area contributed by atoms with Gasteiger partial charge in [-0.1, -0.05) is 36.0 Å². The van der Waals surface area contributed by atoms with Gasteiger partial charge in [-0.3, -0.25) is 0 Å². The van der Waals surface area contributed by atoms with Crippen molar-refractivity contribution in [3.8, 4) is 11.8 Å². The predicted molar refractivity (Wildman–Crippen MR) is 84.6 cm³/mol. The largest absolute Gasteiger partial charge is 0.214 e. The fraction of sp³-hybridized carbons (Fsp3) is 0.125. The molecule has 0 radical (unpaired) electrons. The Morgan fingerprint density at radius 3 is 2.86 bits per heavy atom. The van der Waals surface area contributed by atoms with Crippen molar-refractivity contribution in [3.63, 3.8) is 0 Å². The second-order valence-electron chi connectivity index (χ2n) is 4.81. The lowest BCUT2D eigenvalue weighted by Crippen LogP contribution is -1.99. The van der Waals surface area contributed by atoms with Crippen molar-refractivity contribution in [3.05, 3.63) is 65.2 Å². The van der Waals surface area contributed by atoms with Crippen LogP contribution in [-0.2, 0) is 5.75 Å². The molecule has 0 aliphatic heterocycles. The number of hydrogen-bond donors (Lipinski definition) is 0. The summed E-state index contributed by atoms with van der Waals surface area (Å²) < 4.78 is 1.73. The van der Waals surface area contributed by atoms with Gasteiger partial charge in [0.25, 0.3) is 0 Å². The zero-order valence-corrected chi connectivity index (χ0v) is 12.8. The summed E-state index contributed by atoms with van der Waals surface area (Å²) in [6.45, 7) is 2.04. The molecule has 3 aromatic rings. The van der Waals surface area contributed by atoms with Crippen LogP contribution >= 0.6 is 11.8 Å². The highest BCUT2D eigenvalue weighted by Gasteiger charge is 2.09. The normalized spacial score (nSPS) is 10.4. The molecule has 0 aliphatic carbocycles. The third-order valence-electron chi connectivity index (χ3n) is 3.11. The van der Waals surface area contributed by atoms with Gasteiger partial charge in [0.1, 0.15) is 0 Å². The highest BCUT2D eigenvalue weighted by Crippen LogP contribution is 2.23. The van der Waals surface area contributed by atoms with Gasteiger partial charge in [0.2, 0.25) is 5.16 Å². The van der Waals surface area contributed by atoms with E-state index in [9.17, 15) is 0 Å². The van der Waals surface area contributed by atoms with Crippen LogP contribution in [0.1, 0.15) is 16.7 Å². The topological polar surface area (TPSA) is 67.4 Å². The first-order chi connectivity index (χ1) is 10.8. The first kappa shape index (κ1) is 14.3. The van der Waals surface area contributed by atoms with Gasteiger partial charge >= 0.3 is 0 Å². The number of aryl methyl sites for hydroxylation is 1. The van der Waals surface area contributed by atoms with Gasteiger partial charge in [0.05, 0.1) is 17.3 Å². The van der Waals surface area contributed by atoms with Gasteiger partial charge in [-0.15, -0.1) is 5.10 Å². The van der Waals surface area contributed by atoms with Gasteiger partial charge in [0.15, 0.2) is 0 Å². The third-order valence-corrected chi connectivity index (χ3v) is 4.10. The van der Waals surface area contributed by atoms with Crippen molar-refractivity contribution in [1.29, 1.82) is 5.26 Å². The minimum absolute atomic E-state index is 0.663. The summed E-state index contributed by atoms with van der Waals surface area (Å²) in [5.41, 5.74) is 3.84. The Morgan fingerprint density at radius 2 is 2.05 bits per heavy atom. The summed E-state index contributed by atoms with van der Waals surface area (Å²) in [5, 5.41) is 21.6. The summed E-state index contributed by atoms with van der Waals surface area (Å²) in [4.78, 5) is 0. The van der Waals surface area contributed by atoms with Crippen molar-refractivity contribution in [2.75, 3.05) is 0 Å². The molecule has 0 amide bonds. The Balaban J connectivity index is 1.80. The molecule has 1 aromatic heterocycles. The lowest BCUT2D eigenvalue weighted by molar-refractivity contribution is 0.755. The quantitative estimate of drug-likeness (QED) is 0.693. The van der Waals surface area contributed by atoms with Crippen LogP contribution in [0.4, 0.5) is 0 Å². The summed E-state index contributed by atoms with van der Waals surface area (Å²) in [7, 11) is 0. The fourth-order valence-electron chi connectivity index (χ4n) is 2.07. The monoisotopic (exact) mass is 307 g/mol. The molecule has 0 N–H and O–H groups in total. The third kappa shape index (κ3) is 3.15. The van der Waals surface area contributed by atoms with Crippen LogP contribution in [0.2, 0.25) is 0 Å². The van der Waals surface area contributed by atoms with E-state index < -0.39 is 0 Å². The maximum atomic E-state index is 8.94. The fourth-order valence-corrected chi connectivity index (χ4v) is 2.90. The van der Waals surface area contributed by atoms with Crippen molar-refractivity contribution in [2.45, 2.75) is 17.8 Å². The van der Waals surface area contributed by atoms with Gasteiger partial charge in [0, 0.05) is 5.75 Å². The summed E-state index contributed by atoms with van der Waals surface area (Å²) in [6.07, 6.45) is 0. The second-order valence-corrected chi connectivity index (χ2v) is 5.76. The number of thioether (sulfide) groups is 1. The van der Waals surface area contributed by atoms with Crippen LogP contribution in [0.25, 0.3) is 5.69 Å². The smallest absolute Gasteiger partial charge is 0.192 e. The number of tetrazole rings is 1. The number of rotatable bonds is 4. The van der Waals surface area contributed by atoms with E-state index in [1.54, 1.807) is 22.5 Å². The van der Waals surface area contributed by atoms with Gasteiger partial charge in [-0.05, 0) is 52.7 Å². The number of nitriles is 1. The molecule has 1 heterocycles. The zero-order valence-electron chi connectivity index (χ0n) is 12.0. The molecule has 3 rings (SSSR count). The van der Waals surface area contributed by atoms with E-state index in [4.69, 9.17) is 5.26 Å². The first-order valence-electron chi connectivity index (χ1n) is 6.73. The maximum Gasteiger partial charge on any atom is 0.214 e. The first-order valence-corrected chi connectivity index (χ1v) is 7.72. The highest BCUT2D eigenvalue weighted by molar-refractivity contribution is 7.98. The maximum absolute atomic E-state index is 8.94. The van der Waals surface area contributed by atoms with E-state index in [0.29, 0.717) is 11.3 Å². The predicted octanol–water partition coefficient (Wildman–Crippen LogP) is 3.13. The molecule has 108 valence electrons. The molecule has 6 heteroatoms. The van der Waals surface area contributed by atoms with E-state index >= 15 is 0 Å². The van der Waals surface area contributed by atoms with Crippen molar-refractivity contribution < 1.29 is 0 Å². The molecule has 0 saturated heterocycles. The molecular weight excluding hydrogens is 294 g/mol.